The molecule has 1 aliphatic heterocycles. The third-order valence-electron chi connectivity index (χ3n) is 6.87. The Morgan fingerprint density at radius 2 is 1.65 bits per heavy atom. The van der Waals surface area contributed by atoms with Gasteiger partial charge in [-0.2, -0.15) is 0 Å². The SMILES string of the molecule is Cc1ccccc1C(CC(=O)Nc1ccc(Br)cc1)N1C(=O)C2C3C=CC(C3)C2C1=O. The minimum absolute atomic E-state index is 0.0284. The number of benzene rings is 2. The summed E-state index contributed by atoms with van der Waals surface area (Å²) in [6.45, 7) is 1.95. The number of hydrogen-bond donors (Lipinski definition) is 1. The Balaban J connectivity index is 1.45. The zero-order chi connectivity index (χ0) is 21.7. The van der Waals surface area contributed by atoms with Crippen LogP contribution in [-0.4, -0.2) is 22.6 Å². The summed E-state index contributed by atoms with van der Waals surface area (Å²) < 4.78 is 0.923. The Kier molecular flexibility index (Phi) is 5.05. The molecule has 3 aliphatic rings. The van der Waals surface area contributed by atoms with Crippen LogP contribution < -0.4 is 5.32 Å². The Hall–Kier alpha value is -2.73. The number of likely N-dealkylation sites (tertiary alicyclic amines) is 1. The zero-order valence-corrected chi connectivity index (χ0v) is 18.7. The molecule has 2 fully saturated rings. The highest BCUT2D eigenvalue weighted by molar-refractivity contribution is 9.10. The lowest BCUT2D eigenvalue weighted by Crippen LogP contribution is -2.38. The standard InChI is InChI=1S/C25H23BrN2O3/c1-14-4-2-3-5-19(14)20(13-21(29)27-18-10-8-17(26)9-11-18)28-24(30)22-15-6-7-16(12-15)23(22)25(28)31/h2-11,15-16,20,22-23H,12-13H2,1H3,(H,27,29). The van der Waals surface area contributed by atoms with E-state index in [1.54, 1.807) is 0 Å². The van der Waals surface area contributed by atoms with Crippen molar-refractivity contribution in [3.8, 4) is 0 Å². The Bertz CT molecular complexity index is 1060. The summed E-state index contributed by atoms with van der Waals surface area (Å²) in [6, 6.07) is 14.4. The molecule has 5 nitrogen and oxygen atoms in total. The fourth-order valence-electron chi connectivity index (χ4n) is 5.45. The van der Waals surface area contributed by atoms with Crippen LogP contribution >= 0.6 is 15.9 Å². The van der Waals surface area contributed by atoms with Crippen molar-refractivity contribution in [2.75, 3.05) is 5.32 Å². The highest BCUT2D eigenvalue weighted by Gasteiger charge is 2.60. The molecule has 1 saturated carbocycles. The van der Waals surface area contributed by atoms with E-state index in [2.05, 4.69) is 33.4 Å². The van der Waals surface area contributed by atoms with Crippen molar-refractivity contribution in [2.45, 2.75) is 25.8 Å². The maximum Gasteiger partial charge on any atom is 0.234 e. The first-order valence-electron chi connectivity index (χ1n) is 10.6. The lowest BCUT2D eigenvalue weighted by Gasteiger charge is -2.29. The molecule has 158 valence electrons. The molecule has 31 heavy (non-hydrogen) atoms. The van der Waals surface area contributed by atoms with E-state index in [-0.39, 0.29) is 47.8 Å². The topological polar surface area (TPSA) is 66.5 Å². The normalized spacial score (nSPS) is 27.0. The van der Waals surface area contributed by atoms with Crippen LogP contribution in [0.1, 0.15) is 30.0 Å². The van der Waals surface area contributed by atoms with Crippen LogP contribution in [0.2, 0.25) is 0 Å². The second kappa shape index (κ2) is 7.75. The van der Waals surface area contributed by atoms with Gasteiger partial charge >= 0.3 is 0 Å². The van der Waals surface area contributed by atoms with Gasteiger partial charge in [-0.25, -0.2) is 0 Å². The Morgan fingerprint density at radius 1 is 1.03 bits per heavy atom. The number of carbonyl (C=O) groups excluding carboxylic acids is 3. The number of nitrogens with zero attached hydrogens (tertiary/aromatic N) is 1. The zero-order valence-electron chi connectivity index (χ0n) is 17.1. The molecule has 1 saturated heterocycles. The van der Waals surface area contributed by atoms with Gasteiger partial charge in [-0.05, 0) is 60.6 Å². The molecule has 0 aromatic heterocycles. The summed E-state index contributed by atoms with van der Waals surface area (Å²) in [4.78, 5) is 41.2. The molecule has 2 aromatic carbocycles. The second-order valence-electron chi connectivity index (χ2n) is 8.68. The lowest BCUT2D eigenvalue weighted by molar-refractivity contribution is -0.144. The first-order chi connectivity index (χ1) is 14.9. The van der Waals surface area contributed by atoms with Gasteiger partial charge in [0.15, 0.2) is 0 Å². The van der Waals surface area contributed by atoms with Gasteiger partial charge in [-0.15, -0.1) is 0 Å². The lowest BCUT2D eigenvalue weighted by atomic mass is 9.85. The molecule has 0 radical (unpaired) electrons. The number of aryl methyl sites for hydroxylation is 1. The van der Waals surface area contributed by atoms with Crippen LogP contribution in [0.4, 0.5) is 5.69 Å². The quantitative estimate of drug-likeness (QED) is 0.502. The van der Waals surface area contributed by atoms with Crippen LogP contribution in [0.25, 0.3) is 0 Å². The number of allylic oxidation sites excluding steroid dienone is 2. The van der Waals surface area contributed by atoms with E-state index in [0.29, 0.717) is 5.69 Å². The number of imide groups is 1. The number of fused-ring (bicyclic) bond motifs is 5. The van der Waals surface area contributed by atoms with E-state index >= 15 is 0 Å². The Labute approximate surface area is 189 Å². The van der Waals surface area contributed by atoms with Gasteiger partial charge in [0.05, 0.1) is 24.3 Å². The summed E-state index contributed by atoms with van der Waals surface area (Å²) in [6.07, 6.45) is 5.09. The maximum absolute atomic E-state index is 13.4. The molecule has 6 heteroatoms. The van der Waals surface area contributed by atoms with Gasteiger partial charge in [0.2, 0.25) is 17.7 Å². The van der Waals surface area contributed by atoms with Crippen molar-refractivity contribution < 1.29 is 14.4 Å². The number of amides is 3. The summed E-state index contributed by atoms with van der Waals surface area (Å²) in [5.41, 5.74) is 2.48. The minimum atomic E-state index is -0.610. The molecule has 2 bridgehead atoms. The predicted molar refractivity (Wildman–Crippen MR) is 121 cm³/mol. The number of halogens is 1. The molecule has 1 N–H and O–H groups in total. The van der Waals surface area contributed by atoms with Crippen LogP contribution in [0, 0.1) is 30.6 Å². The first kappa shape index (κ1) is 20.2. The van der Waals surface area contributed by atoms with Gasteiger partial charge in [-0.1, -0.05) is 52.3 Å². The van der Waals surface area contributed by atoms with Crippen molar-refractivity contribution >= 4 is 39.3 Å². The van der Waals surface area contributed by atoms with E-state index in [0.717, 1.165) is 22.0 Å². The van der Waals surface area contributed by atoms with E-state index in [1.807, 2.05) is 55.5 Å². The van der Waals surface area contributed by atoms with E-state index < -0.39 is 6.04 Å². The van der Waals surface area contributed by atoms with E-state index in [9.17, 15) is 14.4 Å². The van der Waals surface area contributed by atoms with Gasteiger partial charge in [0.25, 0.3) is 0 Å². The average Bonchev–Trinajstić information content (AvgIpc) is 3.43. The Morgan fingerprint density at radius 3 is 2.26 bits per heavy atom. The molecular formula is C25H23BrN2O3. The summed E-state index contributed by atoms with van der Waals surface area (Å²) >= 11 is 3.39. The summed E-state index contributed by atoms with van der Waals surface area (Å²) in [5, 5.41) is 2.90. The smallest absolute Gasteiger partial charge is 0.234 e. The molecule has 5 rings (SSSR count). The maximum atomic E-state index is 13.4. The number of hydrogen-bond acceptors (Lipinski definition) is 3. The number of nitrogens with one attached hydrogen (secondary N) is 1. The molecule has 2 aliphatic carbocycles. The number of anilines is 1. The second-order valence-corrected chi connectivity index (χ2v) is 9.59. The van der Waals surface area contributed by atoms with Gasteiger partial charge in [-0.3, -0.25) is 19.3 Å². The molecule has 1 heterocycles. The molecular weight excluding hydrogens is 456 g/mol. The molecule has 2 aromatic rings. The highest BCUT2D eigenvalue weighted by atomic mass is 79.9. The fraction of sp³-hybridized carbons (Fsp3) is 0.320. The van der Waals surface area contributed by atoms with E-state index in [1.165, 1.54) is 4.90 Å². The van der Waals surface area contributed by atoms with Gasteiger partial charge < -0.3 is 5.32 Å². The molecule has 5 atom stereocenters. The molecule has 0 spiro atoms. The third kappa shape index (κ3) is 3.43. The fourth-order valence-corrected chi connectivity index (χ4v) is 5.72. The largest absolute Gasteiger partial charge is 0.326 e. The van der Waals surface area contributed by atoms with Gasteiger partial charge in [0.1, 0.15) is 0 Å². The highest BCUT2D eigenvalue weighted by Crippen LogP contribution is 2.54. The van der Waals surface area contributed by atoms with Crippen molar-refractivity contribution in [3.05, 3.63) is 76.3 Å². The van der Waals surface area contributed by atoms with Crippen molar-refractivity contribution in [1.29, 1.82) is 0 Å². The predicted octanol–water partition coefficient (Wildman–Crippen LogP) is 4.63. The molecule has 3 amide bonds. The van der Waals surface area contributed by atoms with Gasteiger partial charge in [0, 0.05) is 10.2 Å². The number of carbonyl (C=O) groups is 3. The van der Waals surface area contributed by atoms with Crippen LogP contribution in [-0.2, 0) is 14.4 Å². The van der Waals surface area contributed by atoms with Crippen LogP contribution in [0.3, 0.4) is 0 Å². The van der Waals surface area contributed by atoms with Crippen molar-refractivity contribution in [2.24, 2.45) is 23.7 Å². The number of rotatable bonds is 5. The van der Waals surface area contributed by atoms with E-state index in [4.69, 9.17) is 0 Å². The van der Waals surface area contributed by atoms with Crippen LogP contribution in [0.15, 0.2) is 65.2 Å². The summed E-state index contributed by atoms with van der Waals surface area (Å²) in [5.74, 6) is -0.745. The monoisotopic (exact) mass is 478 g/mol. The van der Waals surface area contributed by atoms with Crippen LogP contribution in [0.5, 0.6) is 0 Å². The third-order valence-corrected chi connectivity index (χ3v) is 7.40. The molecule has 5 unspecified atom stereocenters. The van der Waals surface area contributed by atoms with Crippen molar-refractivity contribution in [1.82, 2.24) is 4.90 Å². The first-order valence-corrected chi connectivity index (χ1v) is 11.4. The summed E-state index contributed by atoms with van der Waals surface area (Å²) in [7, 11) is 0. The van der Waals surface area contributed by atoms with Crippen molar-refractivity contribution in [3.63, 3.8) is 0 Å². The minimum Gasteiger partial charge on any atom is -0.326 e. The average molecular weight is 479 g/mol.